The Morgan fingerprint density at radius 1 is 0.606 bits per heavy atom. The molecule has 4 N–H and O–H groups in total. The van der Waals surface area contributed by atoms with Crippen LogP contribution in [0.2, 0.25) is 0 Å². The minimum Gasteiger partial charge on any atom is -0.352 e. The van der Waals surface area contributed by atoms with Gasteiger partial charge in [-0.25, -0.2) is 13.2 Å². The van der Waals surface area contributed by atoms with Gasteiger partial charge >= 0.3 is 6.03 Å². The molecule has 4 aromatic carbocycles. The molecule has 2 amide bonds. The first-order valence-electron chi connectivity index (χ1n) is 9.41. The maximum absolute atomic E-state index is 12.6. The van der Waals surface area contributed by atoms with Crippen molar-refractivity contribution >= 4 is 47.8 Å². The van der Waals surface area contributed by atoms with Crippen LogP contribution in [0.1, 0.15) is 0 Å². The number of amides is 2. The molecule has 0 aliphatic heterocycles. The van der Waals surface area contributed by atoms with Crippen LogP contribution in [0.5, 0.6) is 0 Å². The van der Waals surface area contributed by atoms with Gasteiger partial charge in [-0.05, 0) is 22.9 Å². The second-order valence-electron chi connectivity index (χ2n) is 6.62. The molecule has 9 nitrogen and oxygen atoms in total. The Hall–Kier alpha value is -3.51. The van der Waals surface area contributed by atoms with Crippen LogP contribution in [0, 0.1) is 0 Å². The number of primary amides is 2. The van der Waals surface area contributed by atoms with Crippen LogP contribution in [0.3, 0.4) is 0 Å². The molecule has 172 valence electrons. The van der Waals surface area contributed by atoms with Crippen LogP contribution >= 0.6 is 0 Å². The zero-order valence-corrected chi connectivity index (χ0v) is 18.8. The molecule has 0 unspecified atom stereocenters. The molecule has 0 radical (unpaired) electrons. The molecule has 0 aliphatic carbocycles. The number of rotatable bonds is 6. The van der Waals surface area contributed by atoms with E-state index in [0.29, 0.717) is 10.8 Å². The van der Waals surface area contributed by atoms with E-state index in [1.54, 1.807) is 72.8 Å². The first kappa shape index (κ1) is 24.1. The van der Waals surface area contributed by atoms with Gasteiger partial charge in [0.05, 0.1) is 0 Å². The Labute approximate surface area is 190 Å². The molecule has 0 saturated heterocycles. The van der Waals surface area contributed by atoms with Crippen LogP contribution in [0.15, 0.2) is 94.7 Å². The molecule has 0 heterocycles. The van der Waals surface area contributed by atoms with Gasteiger partial charge in [-0.1, -0.05) is 72.8 Å². The first-order chi connectivity index (χ1) is 15.6. The SMILES string of the molecule is NC(N)=O.O=S(=O)(OCOS(=O)(=O)c1cccc2ccccc12)c1cccc2ccccc12. The Morgan fingerprint density at radius 2 is 0.939 bits per heavy atom. The fourth-order valence-corrected chi connectivity index (χ4v) is 5.17. The van der Waals surface area contributed by atoms with Crippen molar-refractivity contribution in [3.63, 3.8) is 0 Å². The maximum Gasteiger partial charge on any atom is 0.309 e. The molecule has 0 atom stereocenters. The summed E-state index contributed by atoms with van der Waals surface area (Å²) in [5, 5.41) is 2.40. The third-order valence-electron chi connectivity index (χ3n) is 4.44. The predicted octanol–water partition coefficient (Wildman–Crippen LogP) is 3.09. The monoisotopic (exact) mass is 488 g/mol. The van der Waals surface area contributed by atoms with Crippen molar-refractivity contribution < 1.29 is 30.0 Å². The molecule has 0 fully saturated rings. The number of benzene rings is 4. The molecule has 33 heavy (non-hydrogen) atoms. The summed E-state index contributed by atoms with van der Waals surface area (Å²) in [7, 11) is -8.45. The van der Waals surface area contributed by atoms with E-state index in [-0.39, 0.29) is 9.79 Å². The van der Waals surface area contributed by atoms with Gasteiger partial charge in [0.2, 0.25) is 0 Å². The van der Waals surface area contributed by atoms with Crippen molar-refractivity contribution in [2.75, 3.05) is 6.79 Å². The van der Waals surface area contributed by atoms with Gasteiger partial charge in [-0.3, -0.25) is 0 Å². The molecule has 0 saturated carbocycles. The highest BCUT2D eigenvalue weighted by atomic mass is 32.2. The van der Waals surface area contributed by atoms with E-state index in [9.17, 15) is 16.8 Å². The summed E-state index contributed by atoms with van der Waals surface area (Å²) in [5.74, 6) is 0. The van der Waals surface area contributed by atoms with Crippen LogP contribution in [-0.4, -0.2) is 29.7 Å². The van der Waals surface area contributed by atoms with E-state index in [4.69, 9.17) is 13.2 Å². The molecule has 0 bridgehead atoms. The molecule has 11 heteroatoms. The Bertz CT molecular complexity index is 1390. The number of hydrogen-bond donors (Lipinski definition) is 2. The lowest BCUT2D eigenvalue weighted by molar-refractivity contribution is 0.132. The zero-order chi connectivity index (χ0) is 24.1. The van der Waals surface area contributed by atoms with E-state index in [2.05, 4.69) is 11.5 Å². The summed E-state index contributed by atoms with van der Waals surface area (Å²) >= 11 is 0. The van der Waals surface area contributed by atoms with Crippen LogP contribution in [-0.2, 0) is 28.6 Å². The van der Waals surface area contributed by atoms with Gasteiger partial charge in [0.1, 0.15) is 9.79 Å². The highest BCUT2D eigenvalue weighted by Gasteiger charge is 2.22. The number of urea groups is 1. The summed E-state index contributed by atoms with van der Waals surface area (Å²) < 4.78 is 60.1. The van der Waals surface area contributed by atoms with Crippen molar-refractivity contribution in [2.45, 2.75) is 9.79 Å². The highest BCUT2D eigenvalue weighted by Crippen LogP contribution is 2.26. The normalized spacial score (nSPS) is 11.6. The summed E-state index contributed by atoms with van der Waals surface area (Å²) in [4.78, 5) is 8.89. The topological polar surface area (TPSA) is 156 Å². The van der Waals surface area contributed by atoms with Crippen molar-refractivity contribution in [3.8, 4) is 0 Å². The average molecular weight is 489 g/mol. The largest absolute Gasteiger partial charge is 0.352 e. The van der Waals surface area contributed by atoms with Gasteiger partial charge < -0.3 is 11.5 Å². The number of hydrogen-bond acceptors (Lipinski definition) is 7. The third-order valence-corrected chi connectivity index (χ3v) is 7.05. The second-order valence-corrected chi connectivity index (χ2v) is 9.79. The zero-order valence-electron chi connectivity index (χ0n) is 17.1. The van der Waals surface area contributed by atoms with Gasteiger partial charge in [0, 0.05) is 10.8 Å². The van der Waals surface area contributed by atoms with Crippen LogP contribution in [0.25, 0.3) is 21.5 Å². The molecular formula is C22H20N2O7S2. The Kier molecular flexibility index (Phi) is 7.29. The maximum atomic E-state index is 12.6. The lowest BCUT2D eigenvalue weighted by Crippen LogP contribution is -2.18. The summed E-state index contributed by atoms with van der Waals surface area (Å²) in [6, 6.07) is 22.5. The minimum absolute atomic E-state index is 0.0539. The van der Waals surface area contributed by atoms with E-state index in [1.165, 1.54) is 12.1 Å². The summed E-state index contributed by atoms with van der Waals surface area (Å²) in [6.07, 6.45) is 0. The summed E-state index contributed by atoms with van der Waals surface area (Å²) in [5.41, 5.74) is 8.50. The predicted molar refractivity (Wildman–Crippen MR) is 123 cm³/mol. The second kappa shape index (κ2) is 9.96. The summed E-state index contributed by atoms with van der Waals surface area (Å²) in [6.45, 7) is -0.961. The first-order valence-corrected chi connectivity index (χ1v) is 12.2. The van der Waals surface area contributed by atoms with Crippen molar-refractivity contribution in [2.24, 2.45) is 11.5 Å². The van der Waals surface area contributed by atoms with Crippen molar-refractivity contribution in [3.05, 3.63) is 84.9 Å². The Balaban J connectivity index is 0.000000709. The highest BCUT2D eigenvalue weighted by molar-refractivity contribution is 7.87. The van der Waals surface area contributed by atoms with Gasteiger partial charge in [0.25, 0.3) is 20.2 Å². The number of nitrogens with two attached hydrogens (primary N) is 2. The van der Waals surface area contributed by atoms with Gasteiger partial charge in [0.15, 0.2) is 6.79 Å². The Morgan fingerprint density at radius 3 is 1.33 bits per heavy atom. The van der Waals surface area contributed by atoms with Crippen LogP contribution < -0.4 is 11.5 Å². The minimum atomic E-state index is -4.22. The molecule has 4 aromatic rings. The number of carbonyl (C=O) groups is 1. The number of fused-ring (bicyclic) bond motifs is 2. The fraction of sp³-hybridized carbons (Fsp3) is 0.0455. The smallest absolute Gasteiger partial charge is 0.309 e. The fourth-order valence-electron chi connectivity index (χ4n) is 3.10. The lowest BCUT2D eigenvalue weighted by atomic mass is 10.1. The van der Waals surface area contributed by atoms with E-state index in [1.807, 2.05) is 0 Å². The average Bonchev–Trinajstić information content (AvgIpc) is 2.77. The van der Waals surface area contributed by atoms with Gasteiger partial charge in [-0.2, -0.15) is 16.8 Å². The lowest BCUT2D eigenvalue weighted by Gasteiger charge is -2.10. The molecule has 0 aromatic heterocycles. The molecule has 4 rings (SSSR count). The molecule has 0 spiro atoms. The van der Waals surface area contributed by atoms with E-state index < -0.39 is 33.1 Å². The van der Waals surface area contributed by atoms with Crippen molar-refractivity contribution in [1.29, 1.82) is 0 Å². The quantitative estimate of drug-likeness (QED) is 0.312. The van der Waals surface area contributed by atoms with Crippen molar-refractivity contribution in [1.82, 2.24) is 0 Å². The standard InChI is InChI=1S/C21H16O6S2.CH4N2O/c22-28(23,20-13-5-9-16-7-1-3-11-18(16)20)26-15-27-29(24,25)21-14-6-10-17-8-2-4-12-19(17)21;2-1(3)4/h1-14H,15H2;(H4,2,3,4). The number of carbonyl (C=O) groups excluding carboxylic acids is 1. The molecular weight excluding hydrogens is 468 g/mol. The van der Waals surface area contributed by atoms with E-state index >= 15 is 0 Å². The third kappa shape index (κ3) is 5.84. The van der Waals surface area contributed by atoms with E-state index in [0.717, 1.165) is 10.8 Å². The molecule has 0 aliphatic rings. The van der Waals surface area contributed by atoms with Crippen LogP contribution in [0.4, 0.5) is 4.79 Å². The van der Waals surface area contributed by atoms with Gasteiger partial charge in [-0.15, -0.1) is 0 Å².